The molecule has 1 aromatic rings. The first-order valence-corrected chi connectivity index (χ1v) is 6.98. The molecule has 0 saturated carbocycles. The predicted octanol–water partition coefficient (Wildman–Crippen LogP) is 3.67. The first kappa shape index (κ1) is 15.8. The first-order valence-electron chi connectivity index (χ1n) is 6.23. The van der Waals surface area contributed by atoms with Gasteiger partial charge in [-0.15, -0.1) is 0 Å². The molecule has 1 unspecified atom stereocenters. The van der Waals surface area contributed by atoms with E-state index < -0.39 is 0 Å². The summed E-state index contributed by atoms with van der Waals surface area (Å²) in [5, 5.41) is 4.94. The van der Waals surface area contributed by atoms with Gasteiger partial charge in [-0.1, -0.05) is 37.0 Å². The Hall–Kier alpha value is -0.280. The third kappa shape index (κ3) is 4.77. The van der Waals surface area contributed by atoms with Crippen molar-refractivity contribution in [2.45, 2.75) is 26.4 Å². The number of likely N-dealkylation sites (N-methyl/N-ethyl adjacent to an activating group) is 1. The van der Waals surface area contributed by atoms with E-state index >= 15 is 0 Å². The number of nitrogens with one attached hydrogen (secondary N) is 1. The van der Waals surface area contributed by atoms with Crippen molar-refractivity contribution in [1.29, 1.82) is 0 Å². The van der Waals surface area contributed by atoms with Crippen molar-refractivity contribution in [1.82, 2.24) is 10.2 Å². The van der Waals surface area contributed by atoms with Gasteiger partial charge in [-0.05, 0) is 43.8 Å². The topological polar surface area (TPSA) is 15.3 Å². The SMILES string of the molecule is CC(C)C(CNCc1cc(Cl)ccc1Cl)N(C)C. The monoisotopic (exact) mass is 288 g/mol. The van der Waals surface area contributed by atoms with Gasteiger partial charge in [-0.3, -0.25) is 0 Å². The van der Waals surface area contributed by atoms with Gasteiger partial charge in [0.2, 0.25) is 0 Å². The number of benzene rings is 1. The molecule has 0 aliphatic rings. The van der Waals surface area contributed by atoms with E-state index in [1.54, 1.807) is 0 Å². The molecule has 1 N–H and O–H groups in total. The molecule has 2 nitrogen and oxygen atoms in total. The van der Waals surface area contributed by atoms with Crippen LogP contribution in [-0.2, 0) is 6.54 Å². The van der Waals surface area contributed by atoms with E-state index in [1.165, 1.54) is 0 Å². The highest BCUT2D eigenvalue weighted by Gasteiger charge is 2.15. The molecule has 0 aliphatic heterocycles. The van der Waals surface area contributed by atoms with E-state index in [-0.39, 0.29) is 0 Å². The lowest BCUT2D eigenvalue weighted by molar-refractivity contribution is 0.224. The lowest BCUT2D eigenvalue weighted by Gasteiger charge is -2.28. The van der Waals surface area contributed by atoms with Gasteiger partial charge < -0.3 is 10.2 Å². The van der Waals surface area contributed by atoms with Gasteiger partial charge in [0.15, 0.2) is 0 Å². The first-order chi connectivity index (χ1) is 8.41. The summed E-state index contributed by atoms with van der Waals surface area (Å²) in [7, 11) is 4.22. The van der Waals surface area contributed by atoms with Gasteiger partial charge in [0.05, 0.1) is 0 Å². The molecule has 1 atom stereocenters. The van der Waals surface area contributed by atoms with Crippen molar-refractivity contribution >= 4 is 23.2 Å². The molecule has 0 amide bonds. The molecule has 0 fully saturated rings. The maximum atomic E-state index is 6.13. The van der Waals surface area contributed by atoms with Crippen molar-refractivity contribution in [3.05, 3.63) is 33.8 Å². The molecule has 1 aromatic carbocycles. The summed E-state index contributed by atoms with van der Waals surface area (Å²) >= 11 is 12.1. The molecule has 0 heterocycles. The van der Waals surface area contributed by atoms with E-state index in [1.807, 2.05) is 18.2 Å². The molecular weight excluding hydrogens is 267 g/mol. The van der Waals surface area contributed by atoms with Crippen LogP contribution in [0.3, 0.4) is 0 Å². The third-order valence-electron chi connectivity index (χ3n) is 3.11. The summed E-state index contributed by atoms with van der Waals surface area (Å²) in [4.78, 5) is 2.25. The van der Waals surface area contributed by atoms with Gasteiger partial charge in [-0.25, -0.2) is 0 Å². The molecule has 0 bridgehead atoms. The molecule has 0 spiro atoms. The quantitative estimate of drug-likeness (QED) is 0.859. The Labute approximate surface area is 120 Å². The Kier molecular flexibility index (Phi) is 6.44. The van der Waals surface area contributed by atoms with E-state index in [2.05, 4.69) is 38.2 Å². The number of nitrogens with zero attached hydrogens (tertiary/aromatic N) is 1. The smallest absolute Gasteiger partial charge is 0.0451 e. The van der Waals surface area contributed by atoms with Crippen LogP contribution >= 0.6 is 23.2 Å². The molecule has 4 heteroatoms. The predicted molar refractivity (Wildman–Crippen MR) is 80.5 cm³/mol. The van der Waals surface area contributed by atoms with Gasteiger partial charge in [0.25, 0.3) is 0 Å². The van der Waals surface area contributed by atoms with E-state index in [0.29, 0.717) is 12.0 Å². The summed E-state index contributed by atoms with van der Waals surface area (Å²) in [6.45, 7) is 6.15. The van der Waals surface area contributed by atoms with E-state index in [9.17, 15) is 0 Å². The Morgan fingerprint density at radius 1 is 1.22 bits per heavy atom. The Morgan fingerprint density at radius 2 is 1.89 bits per heavy atom. The van der Waals surface area contributed by atoms with Crippen LogP contribution in [0.5, 0.6) is 0 Å². The van der Waals surface area contributed by atoms with Gasteiger partial charge in [0, 0.05) is 29.2 Å². The van der Waals surface area contributed by atoms with Crippen LogP contribution in [0, 0.1) is 5.92 Å². The van der Waals surface area contributed by atoms with Gasteiger partial charge in [-0.2, -0.15) is 0 Å². The van der Waals surface area contributed by atoms with E-state index in [4.69, 9.17) is 23.2 Å². The van der Waals surface area contributed by atoms with Crippen LogP contribution in [0.15, 0.2) is 18.2 Å². The normalized spacial score (nSPS) is 13.3. The molecular formula is C14H22Cl2N2. The minimum atomic E-state index is 0.517. The zero-order valence-electron chi connectivity index (χ0n) is 11.5. The second-order valence-electron chi connectivity index (χ2n) is 5.14. The van der Waals surface area contributed by atoms with Crippen LogP contribution in [0.4, 0.5) is 0 Å². The second kappa shape index (κ2) is 7.34. The fourth-order valence-corrected chi connectivity index (χ4v) is 2.43. The molecule has 102 valence electrons. The van der Waals surface area contributed by atoms with Gasteiger partial charge in [0.1, 0.15) is 0 Å². The molecule has 0 radical (unpaired) electrons. The Bertz CT molecular complexity index is 370. The minimum absolute atomic E-state index is 0.517. The Morgan fingerprint density at radius 3 is 2.44 bits per heavy atom. The standard InChI is InChI=1S/C14H22Cl2N2/c1-10(2)14(18(3)4)9-17-8-11-7-12(15)5-6-13(11)16/h5-7,10,14,17H,8-9H2,1-4H3. The van der Waals surface area contributed by atoms with E-state index in [0.717, 1.165) is 28.7 Å². The minimum Gasteiger partial charge on any atom is -0.311 e. The zero-order valence-corrected chi connectivity index (χ0v) is 13.0. The molecule has 0 aromatic heterocycles. The van der Waals surface area contributed by atoms with Crippen molar-refractivity contribution in [3.63, 3.8) is 0 Å². The summed E-state index contributed by atoms with van der Waals surface area (Å²) < 4.78 is 0. The van der Waals surface area contributed by atoms with Crippen LogP contribution in [0.2, 0.25) is 10.0 Å². The van der Waals surface area contributed by atoms with Crippen LogP contribution in [-0.4, -0.2) is 31.6 Å². The van der Waals surface area contributed by atoms with Gasteiger partial charge >= 0.3 is 0 Å². The molecule has 0 aliphatic carbocycles. The highest BCUT2D eigenvalue weighted by molar-refractivity contribution is 6.33. The van der Waals surface area contributed by atoms with Crippen molar-refractivity contribution < 1.29 is 0 Å². The third-order valence-corrected chi connectivity index (χ3v) is 3.71. The molecule has 1 rings (SSSR count). The highest BCUT2D eigenvalue weighted by atomic mass is 35.5. The fraction of sp³-hybridized carbons (Fsp3) is 0.571. The highest BCUT2D eigenvalue weighted by Crippen LogP contribution is 2.20. The van der Waals surface area contributed by atoms with Crippen LogP contribution in [0.25, 0.3) is 0 Å². The van der Waals surface area contributed by atoms with Crippen molar-refractivity contribution in [2.24, 2.45) is 5.92 Å². The number of hydrogen-bond donors (Lipinski definition) is 1. The fourth-order valence-electron chi connectivity index (χ4n) is 2.05. The van der Waals surface area contributed by atoms with Crippen molar-refractivity contribution in [2.75, 3.05) is 20.6 Å². The summed E-state index contributed by atoms with van der Waals surface area (Å²) in [5.41, 5.74) is 1.05. The van der Waals surface area contributed by atoms with Crippen LogP contribution in [0.1, 0.15) is 19.4 Å². The second-order valence-corrected chi connectivity index (χ2v) is 5.99. The summed E-state index contributed by atoms with van der Waals surface area (Å²) in [6, 6.07) is 6.08. The maximum absolute atomic E-state index is 6.13. The average Bonchev–Trinajstić information content (AvgIpc) is 2.27. The number of hydrogen-bond acceptors (Lipinski definition) is 2. The van der Waals surface area contributed by atoms with Crippen LogP contribution < -0.4 is 5.32 Å². The maximum Gasteiger partial charge on any atom is 0.0451 e. The average molecular weight is 289 g/mol. The Balaban J connectivity index is 2.52. The number of halogens is 2. The largest absolute Gasteiger partial charge is 0.311 e. The summed E-state index contributed by atoms with van der Waals surface area (Å²) in [5.74, 6) is 0.613. The van der Waals surface area contributed by atoms with Crippen molar-refractivity contribution in [3.8, 4) is 0 Å². The number of rotatable bonds is 6. The lowest BCUT2D eigenvalue weighted by atomic mass is 10.0. The summed E-state index contributed by atoms with van der Waals surface area (Å²) in [6.07, 6.45) is 0. The lowest BCUT2D eigenvalue weighted by Crippen LogP contribution is -2.41. The molecule has 0 saturated heterocycles. The molecule has 18 heavy (non-hydrogen) atoms. The zero-order chi connectivity index (χ0) is 13.7.